The highest BCUT2D eigenvalue weighted by Crippen LogP contribution is 2.23. The summed E-state index contributed by atoms with van der Waals surface area (Å²) in [6.07, 6.45) is 3.18. The van der Waals surface area contributed by atoms with E-state index in [9.17, 15) is 9.59 Å². The van der Waals surface area contributed by atoms with Crippen molar-refractivity contribution in [1.29, 1.82) is 0 Å². The number of nitrogens with one attached hydrogen (secondary N) is 2. The second-order valence-electron chi connectivity index (χ2n) is 6.96. The standard InChI is InChI=1S/C24H17N5O3S/c30-22(27-24-25-12-14-33-24)16-8-10-17(11-9-16)26-23(31)20-15-19(21-7-4-13-32-21)28-29(20)18-5-2-1-3-6-18/h1-15H,(H,26,31)(H,25,27,30). The molecule has 0 aliphatic heterocycles. The molecule has 0 saturated heterocycles. The largest absolute Gasteiger partial charge is 0.463 e. The smallest absolute Gasteiger partial charge is 0.274 e. The van der Waals surface area contributed by atoms with Crippen LogP contribution in [-0.2, 0) is 0 Å². The van der Waals surface area contributed by atoms with E-state index in [0.29, 0.717) is 33.5 Å². The number of furan rings is 1. The molecule has 162 valence electrons. The van der Waals surface area contributed by atoms with E-state index in [1.54, 1.807) is 65.0 Å². The molecule has 2 amide bonds. The van der Waals surface area contributed by atoms with Gasteiger partial charge in [0, 0.05) is 28.9 Å². The number of hydrogen-bond donors (Lipinski definition) is 2. The quantitative estimate of drug-likeness (QED) is 0.371. The maximum absolute atomic E-state index is 13.1. The number of benzene rings is 2. The minimum atomic E-state index is -0.343. The predicted molar refractivity (Wildman–Crippen MR) is 126 cm³/mol. The zero-order chi connectivity index (χ0) is 22.6. The van der Waals surface area contributed by atoms with E-state index in [4.69, 9.17) is 4.42 Å². The number of nitrogens with zero attached hydrogens (tertiary/aromatic N) is 3. The first-order valence-corrected chi connectivity index (χ1v) is 10.9. The van der Waals surface area contributed by atoms with E-state index in [1.165, 1.54) is 11.3 Å². The van der Waals surface area contributed by atoms with Crippen LogP contribution < -0.4 is 10.6 Å². The number of carbonyl (C=O) groups is 2. The summed E-state index contributed by atoms with van der Waals surface area (Å²) in [5.41, 5.74) is 2.64. The summed E-state index contributed by atoms with van der Waals surface area (Å²) in [6.45, 7) is 0. The van der Waals surface area contributed by atoms with E-state index in [2.05, 4.69) is 20.7 Å². The van der Waals surface area contributed by atoms with Gasteiger partial charge in [0.25, 0.3) is 11.8 Å². The monoisotopic (exact) mass is 455 g/mol. The van der Waals surface area contributed by atoms with Crippen molar-refractivity contribution in [2.45, 2.75) is 0 Å². The van der Waals surface area contributed by atoms with Crippen LogP contribution in [0.4, 0.5) is 10.8 Å². The Morgan fingerprint density at radius 3 is 2.42 bits per heavy atom. The third kappa shape index (κ3) is 4.43. The van der Waals surface area contributed by atoms with Crippen LogP contribution >= 0.6 is 11.3 Å². The van der Waals surface area contributed by atoms with E-state index >= 15 is 0 Å². The molecule has 9 heteroatoms. The minimum Gasteiger partial charge on any atom is -0.463 e. The normalized spacial score (nSPS) is 10.7. The van der Waals surface area contributed by atoms with Crippen molar-refractivity contribution < 1.29 is 14.0 Å². The first-order chi connectivity index (χ1) is 16.2. The van der Waals surface area contributed by atoms with Gasteiger partial charge in [0.2, 0.25) is 0 Å². The fourth-order valence-corrected chi connectivity index (χ4v) is 3.73. The lowest BCUT2D eigenvalue weighted by Gasteiger charge is -2.09. The van der Waals surface area contributed by atoms with Crippen molar-refractivity contribution in [2.24, 2.45) is 0 Å². The van der Waals surface area contributed by atoms with E-state index < -0.39 is 0 Å². The number of para-hydroxylation sites is 1. The van der Waals surface area contributed by atoms with Gasteiger partial charge in [-0.1, -0.05) is 18.2 Å². The summed E-state index contributed by atoms with van der Waals surface area (Å²) in [5, 5.41) is 12.5. The number of anilines is 2. The fourth-order valence-electron chi connectivity index (χ4n) is 3.21. The van der Waals surface area contributed by atoms with Crippen LogP contribution in [0.25, 0.3) is 17.1 Å². The van der Waals surface area contributed by atoms with Gasteiger partial charge in [0.15, 0.2) is 10.9 Å². The molecule has 3 heterocycles. The number of thiazole rings is 1. The lowest BCUT2D eigenvalue weighted by Crippen LogP contribution is -2.17. The molecule has 0 aliphatic rings. The molecule has 5 aromatic rings. The molecule has 0 atom stereocenters. The van der Waals surface area contributed by atoms with Crippen molar-refractivity contribution in [3.05, 3.63) is 102 Å². The maximum atomic E-state index is 13.1. The molecule has 3 aromatic heterocycles. The van der Waals surface area contributed by atoms with Crippen molar-refractivity contribution >= 4 is 34.0 Å². The lowest BCUT2D eigenvalue weighted by molar-refractivity contribution is 0.101. The average molecular weight is 455 g/mol. The Bertz CT molecular complexity index is 1380. The topological polar surface area (TPSA) is 102 Å². The highest BCUT2D eigenvalue weighted by atomic mass is 32.1. The summed E-state index contributed by atoms with van der Waals surface area (Å²) < 4.78 is 7.02. The summed E-state index contributed by atoms with van der Waals surface area (Å²) in [4.78, 5) is 29.5. The molecule has 8 nitrogen and oxygen atoms in total. The van der Waals surface area contributed by atoms with Gasteiger partial charge in [-0.2, -0.15) is 5.10 Å². The molecule has 0 bridgehead atoms. The molecule has 2 N–H and O–H groups in total. The van der Waals surface area contributed by atoms with Gasteiger partial charge in [-0.25, -0.2) is 9.67 Å². The Hall–Kier alpha value is -4.50. The van der Waals surface area contributed by atoms with Crippen LogP contribution in [0.2, 0.25) is 0 Å². The van der Waals surface area contributed by atoms with Gasteiger partial charge in [-0.3, -0.25) is 14.9 Å². The van der Waals surface area contributed by atoms with Gasteiger partial charge in [-0.05, 0) is 48.5 Å². The summed E-state index contributed by atoms with van der Waals surface area (Å²) in [7, 11) is 0. The first-order valence-electron chi connectivity index (χ1n) is 9.99. The summed E-state index contributed by atoms with van der Waals surface area (Å²) in [6, 6.07) is 21.2. The van der Waals surface area contributed by atoms with Crippen molar-refractivity contribution in [3.8, 4) is 17.1 Å². The molecule has 0 fully saturated rings. The van der Waals surface area contributed by atoms with E-state index in [0.717, 1.165) is 5.69 Å². The molecule has 33 heavy (non-hydrogen) atoms. The highest BCUT2D eigenvalue weighted by Gasteiger charge is 2.19. The van der Waals surface area contributed by atoms with Gasteiger partial charge < -0.3 is 9.73 Å². The number of amides is 2. The Morgan fingerprint density at radius 2 is 1.73 bits per heavy atom. The zero-order valence-electron chi connectivity index (χ0n) is 17.1. The zero-order valence-corrected chi connectivity index (χ0v) is 18.0. The summed E-state index contributed by atoms with van der Waals surface area (Å²) >= 11 is 1.34. The van der Waals surface area contributed by atoms with E-state index in [-0.39, 0.29) is 11.8 Å². The second-order valence-corrected chi connectivity index (χ2v) is 7.86. The third-order valence-corrected chi connectivity index (χ3v) is 5.46. The molecular weight excluding hydrogens is 438 g/mol. The van der Waals surface area contributed by atoms with Crippen LogP contribution in [-0.4, -0.2) is 26.6 Å². The first kappa shape index (κ1) is 20.4. The van der Waals surface area contributed by atoms with Crippen LogP contribution in [0, 0.1) is 0 Å². The second kappa shape index (κ2) is 8.93. The van der Waals surface area contributed by atoms with Crippen LogP contribution in [0.3, 0.4) is 0 Å². The van der Waals surface area contributed by atoms with Gasteiger partial charge >= 0.3 is 0 Å². The molecule has 5 rings (SSSR count). The van der Waals surface area contributed by atoms with Crippen molar-refractivity contribution in [3.63, 3.8) is 0 Å². The van der Waals surface area contributed by atoms with Gasteiger partial charge in [-0.15, -0.1) is 11.3 Å². The Kier molecular flexibility index (Phi) is 5.52. The Balaban J connectivity index is 1.37. The summed E-state index contributed by atoms with van der Waals surface area (Å²) in [5.74, 6) is -0.0495. The van der Waals surface area contributed by atoms with Crippen molar-refractivity contribution in [1.82, 2.24) is 14.8 Å². The molecule has 0 unspecified atom stereocenters. The van der Waals surface area contributed by atoms with Gasteiger partial charge in [0.1, 0.15) is 11.4 Å². The number of rotatable bonds is 6. The highest BCUT2D eigenvalue weighted by molar-refractivity contribution is 7.13. The molecule has 0 spiro atoms. The van der Waals surface area contributed by atoms with Crippen LogP contribution in [0.5, 0.6) is 0 Å². The third-order valence-electron chi connectivity index (χ3n) is 4.77. The minimum absolute atomic E-state index is 0.270. The van der Waals surface area contributed by atoms with Crippen LogP contribution in [0.15, 0.2) is 95.1 Å². The molecule has 0 radical (unpaired) electrons. The maximum Gasteiger partial charge on any atom is 0.274 e. The lowest BCUT2D eigenvalue weighted by atomic mass is 10.2. The number of hydrogen-bond acceptors (Lipinski definition) is 6. The van der Waals surface area contributed by atoms with E-state index in [1.807, 2.05) is 30.3 Å². The number of aromatic nitrogens is 3. The Morgan fingerprint density at radius 1 is 0.909 bits per heavy atom. The molecule has 0 saturated carbocycles. The SMILES string of the molecule is O=C(Nc1nccs1)c1ccc(NC(=O)c2cc(-c3ccco3)nn2-c2ccccc2)cc1. The van der Waals surface area contributed by atoms with Gasteiger partial charge in [0.05, 0.1) is 12.0 Å². The predicted octanol–water partition coefficient (Wildman–Crippen LogP) is 5.09. The molecule has 0 aliphatic carbocycles. The molecule has 2 aromatic carbocycles. The average Bonchev–Trinajstić information content (AvgIpc) is 3.61. The number of carbonyl (C=O) groups excluding carboxylic acids is 2. The fraction of sp³-hybridized carbons (Fsp3) is 0. The Labute approximate surface area is 192 Å². The molecular formula is C24H17N5O3S. The van der Waals surface area contributed by atoms with Crippen molar-refractivity contribution in [2.75, 3.05) is 10.6 Å². The van der Waals surface area contributed by atoms with Crippen LogP contribution in [0.1, 0.15) is 20.8 Å².